The topological polar surface area (TPSA) is 93.1 Å². The summed E-state index contributed by atoms with van der Waals surface area (Å²) >= 11 is 0. The molecule has 2 N–H and O–H groups in total. The molecule has 0 radical (unpaired) electrons. The minimum absolute atomic E-state index is 0.00746. The van der Waals surface area contributed by atoms with E-state index < -0.39 is 17.5 Å². The smallest absolute Gasteiger partial charge is 0.314 e. The van der Waals surface area contributed by atoms with Crippen LogP contribution in [0.2, 0.25) is 0 Å². The fraction of sp³-hybridized carbons (Fsp3) is 0.879. The van der Waals surface area contributed by atoms with Gasteiger partial charge in [0, 0.05) is 25.4 Å². The van der Waals surface area contributed by atoms with Gasteiger partial charge < -0.3 is 19.7 Å². The van der Waals surface area contributed by atoms with E-state index in [4.69, 9.17) is 9.47 Å². The van der Waals surface area contributed by atoms with Crippen LogP contribution < -0.4 is 0 Å². The number of rotatable bonds is 4. The summed E-state index contributed by atoms with van der Waals surface area (Å²) in [7, 11) is 1.82. The molecule has 11 atom stereocenters. The summed E-state index contributed by atoms with van der Waals surface area (Å²) < 4.78 is 11.9. The molecule has 0 heterocycles. The first-order valence-corrected chi connectivity index (χ1v) is 15.4. The van der Waals surface area contributed by atoms with Crippen molar-refractivity contribution in [1.29, 1.82) is 0 Å². The molecule has 6 heteroatoms. The number of methoxy groups -OCH3 is 1. The highest BCUT2D eigenvalue weighted by atomic mass is 16.5. The zero-order valence-corrected chi connectivity index (χ0v) is 25.5. The summed E-state index contributed by atoms with van der Waals surface area (Å²) in [6.07, 6.45) is 8.27. The van der Waals surface area contributed by atoms with Crippen molar-refractivity contribution in [2.45, 2.75) is 112 Å². The highest BCUT2D eigenvalue weighted by Crippen LogP contribution is 2.76. The molecule has 0 bridgehead atoms. The highest BCUT2D eigenvalue weighted by Gasteiger charge is 2.72. The van der Waals surface area contributed by atoms with Crippen molar-refractivity contribution in [3.05, 3.63) is 11.6 Å². The zero-order chi connectivity index (χ0) is 28.8. The molecule has 0 aromatic rings. The number of carbonyl (C=O) groups is 2. The third-order valence-electron chi connectivity index (χ3n) is 13.9. The molecule has 0 amide bonds. The second-order valence-electron chi connectivity index (χ2n) is 15.3. The summed E-state index contributed by atoms with van der Waals surface area (Å²) in [5, 5.41) is 21.9. The number of carbonyl (C=O) groups excluding carboxylic acids is 1. The van der Waals surface area contributed by atoms with Gasteiger partial charge in [-0.3, -0.25) is 9.59 Å². The summed E-state index contributed by atoms with van der Waals surface area (Å²) in [5.74, 6) is -0.114. The highest BCUT2D eigenvalue weighted by molar-refractivity contribution is 5.78. The van der Waals surface area contributed by atoms with Crippen molar-refractivity contribution < 1.29 is 29.3 Å². The Kier molecular flexibility index (Phi) is 6.94. The first-order chi connectivity index (χ1) is 18.1. The Morgan fingerprint density at radius 1 is 1.03 bits per heavy atom. The third kappa shape index (κ3) is 3.65. The average Bonchev–Trinajstić information content (AvgIpc) is 2.84. The van der Waals surface area contributed by atoms with Crippen molar-refractivity contribution in [2.75, 3.05) is 13.7 Å². The summed E-state index contributed by atoms with van der Waals surface area (Å²) in [5.41, 5.74) is -0.0948. The van der Waals surface area contributed by atoms with E-state index in [0.717, 1.165) is 38.5 Å². The van der Waals surface area contributed by atoms with Gasteiger partial charge in [0.15, 0.2) is 0 Å². The number of aliphatic carboxylic acids is 1. The molecule has 0 aromatic carbocycles. The van der Waals surface area contributed by atoms with E-state index in [9.17, 15) is 19.8 Å². The van der Waals surface area contributed by atoms with Gasteiger partial charge in [-0.2, -0.15) is 0 Å². The second-order valence-corrected chi connectivity index (χ2v) is 15.3. The Bertz CT molecular complexity index is 1050. The van der Waals surface area contributed by atoms with Crippen molar-refractivity contribution >= 4 is 11.9 Å². The van der Waals surface area contributed by atoms with E-state index in [1.165, 1.54) is 12.5 Å². The van der Waals surface area contributed by atoms with E-state index in [1.54, 1.807) is 0 Å². The number of aliphatic hydroxyl groups is 1. The van der Waals surface area contributed by atoms with E-state index in [-0.39, 0.29) is 51.5 Å². The number of ether oxygens (including phenoxy) is 2. The SMILES string of the molecule is COC[C@]12CC[C@@H](O)C(C)(C)C1CC[C@]1(C)C2CC=C2C3[C@@H](C)[C@H](C)C[C@@H](OC(C)=O)[C@]3(C(=O)O)CC[C@]21C. The van der Waals surface area contributed by atoms with Gasteiger partial charge in [-0.15, -0.1) is 0 Å². The Hall–Kier alpha value is -1.40. The predicted octanol–water partition coefficient (Wildman–Crippen LogP) is 6.26. The molecule has 0 aromatic heterocycles. The van der Waals surface area contributed by atoms with Crippen LogP contribution in [-0.4, -0.2) is 48.1 Å². The molecule has 0 saturated heterocycles. The lowest BCUT2D eigenvalue weighted by molar-refractivity contribution is -0.231. The van der Waals surface area contributed by atoms with Gasteiger partial charge in [-0.1, -0.05) is 53.2 Å². The van der Waals surface area contributed by atoms with Gasteiger partial charge in [0.1, 0.15) is 11.5 Å². The minimum atomic E-state index is -1.08. The molecule has 5 rings (SSSR count). The van der Waals surface area contributed by atoms with Crippen molar-refractivity contribution in [3.63, 3.8) is 0 Å². The van der Waals surface area contributed by atoms with Crippen LogP contribution in [-0.2, 0) is 19.1 Å². The Morgan fingerprint density at radius 3 is 2.33 bits per heavy atom. The predicted molar refractivity (Wildman–Crippen MR) is 150 cm³/mol. The molecule has 4 fully saturated rings. The van der Waals surface area contributed by atoms with Crippen molar-refractivity contribution in [2.24, 2.45) is 56.7 Å². The molecule has 39 heavy (non-hydrogen) atoms. The quantitative estimate of drug-likeness (QED) is 0.321. The molecule has 5 aliphatic carbocycles. The number of esters is 1. The molecule has 5 aliphatic rings. The maximum atomic E-state index is 13.3. The summed E-state index contributed by atoms with van der Waals surface area (Å²) in [6, 6.07) is 0. The number of hydrogen-bond acceptors (Lipinski definition) is 5. The maximum Gasteiger partial charge on any atom is 0.314 e. The van der Waals surface area contributed by atoms with Crippen LogP contribution >= 0.6 is 0 Å². The summed E-state index contributed by atoms with van der Waals surface area (Å²) in [4.78, 5) is 25.4. The average molecular weight is 545 g/mol. The third-order valence-corrected chi connectivity index (χ3v) is 13.9. The number of fused-ring (bicyclic) bond motifs is 7. The Labute approximate surface area is 235 Å². The number of carboxylic acid groups (broad SMARTS) is 1. The van der Waals surface area contributed by atoms with Crippen molar-refractivity contribution in [1.82, 2.24) is 0 Å². The second kappa shape index (κ2) is 9.31. The van der Waals surface area contributed by atoms with Gasteiger partial charge >= 0.3 is 11.9 Å². The molecule has 3 unspecified atom stereocenters. The normalized spacial score (nSPS) is 50.4. The molecular weight excluding hydrogens is 492 g/mol. The standard InChI is InChI=1S/C33H52O6/c1-19-17-26(39-21(3)34)33(28(36)37)16-15-30(6)22(27(33)20(19)2)9-10-24-31(30,7)13-11-23-29(4,5)25(35)12-14-32(23,24)18-38-8/h9,19-20,23-27,35H,10-18H2,1-8H3,(H,36,37)/t19-,20+,23?,24?,25-,26-,27?,30-,31-,32-,33-/m1/s1. The number of hydrogen-bond donors (Lipinski definition) is 2. The van der Waals surface area contributed by atoms with Gasteiger partial charge in [0.25, 0.3) is 0 Å². The van der Waals surface area contributed by atoms with Crippen LogP contribution in [0.3, 0.4) is 0 Å². The van der Waals surface area contributed by atoms with Crippen LogP contribution in [0.4, 0.5) is 0 Å². The Balaban J connectivity index is 1.65. The van der Waals surface area contributed by atoms with E-state index in [0.29, 0.717) is 31.3 Å². The van der Waals surface area contributed by atoms with Gasteiger partial charge in [0.05, 0.1) is 12.7 Å². The fourth-order valence-electron chi connectivity index (χ4n) is 11.5. The van der Waals surface area contributed by atoms with Crippen LogP contribution in [0, 0.1) is 56.7 Å². The first-order valence-electron chi connectivity index (χ1n) is 15.4. The van der Waals surface area contributed by atoms with Crippen LogP contribution in [0.15, 0.2) is 11.6 Å². The van der Waals surface area contributed by atoms with Crippen molar-refractivity contribution in [3.8, 4) is 0 Å². The molecule has 6 nitrogen and oxygen atoms in total. The number of aliphatic hydroxyl groups excluding tert-OH is 1. The van der Waals surface area contributed by atoms with Crippen LogP contribution in [0.5, 0.6) is 0 Å². The summed E-state index contributed by atoms with van der Waals surface area (Å²) in [6.45, 7) is 16.0. The van der Waals surface area contributed by atoms with Gasteiger partial charge in [-0.05, 0) is 91.3 Å². The maximum absolute atomic E-state index is 13.3. The monoisotopic (exact) mass is 544 g/mol. The largest absolute Gasteiger partial charge is 0.481 e. The lowest BCUT2D eigenvalue weighted by Crippen LogP contribution is -2.68. The van der Waals surface area contributed by atoms with Gasteiger partial charge in [-0.25, -0.2) is 0 Å². The number of allylic oxidation sites excluding steroid dienone is 2. The molecule has 0 aliphatic heterocycles. The van der Waals surface area contributed by atoms with E-state index in [2.05, 4.69) is 47.6 Å². The van der Waals surface area contributed by atoms with Crippen LogP contribution in [0.1, 0.15) is 99.8 Å². The van der Waals surface area contributed by atoms with Gasteiger partial charge in [0.2, 0.25) is 0 Å². The Morgan fingerprint density at radius 2 is 1.72 bits per heavy atom. The molecule has 0 spiro atoms. The molecule has 4 saturated carbocycles. The van der Waals surface area contributed by atoms with Crippen LogP contribution in [0.25, 0.3) is 0 Å². The number of carboxylic acids is 1. The lowest BCUT2D eigenvalue weighted by Gasteiger charge is -2.72. The van der Waals surface area contributed by atoms with E-state index >= 15 is 0 Å². The molecule has 220 valence electrons. The fourth-order valence-corrected chi connectivity index (χ4v) is 11.5. The molecular formula is C33H52O6. The zero-order valence-electron chi connectivity index (χ0n) is 25.5. The first kappa shape index (κ1) is 29.1. The lowest BCUT2D eigenvalue weighted by atomic mass is 9.33. The van der Waals surface area contributed by atoms with E-state index in [1.807, 2.05) is 7.11 Å². The minimum Gasteiger partial charge on any atom is -0.481 e.